The van der Waals surface area contributed by atoms with Crippen LogP contribution >= 0.6 is 0 Å². The Morgan fingerprint density at radius 1 is 0.778 bits per heavy atom. The molecule has 0 aliphatic heterocycles. The molecule has 6 heteroatoms. The molecular weight excluding hydrogens is 240 g/mol. The van der Waals surface area contributed by atoms with Crippen LogP contribution in [0.1, 0.15) is 27.2 Å². The van der Waals surface area contributed by atoms with Crippen LogP contribution in [0.25, 0.3) is 0 Å². The lowest BCUT2D eigenvalue weighted by molar-refractivity contribution is -0.436. The third kappa shape index (κ3) is 3.63. The van der Waals surface area contributed by atoms with Gasteiger partial charge in [0.05, 0.1) is 13.2 Å². The maximum absolute atomic E-state index is 9.61. The summed E-state index contributed by atoms with van der Waals surface area (Å²) in [5, 5.41) is 28.4. The molecule has 0 aromatic carbocycles. The molecule has 0 radical (unpaired) electrons. The van der Waals surface area contributed by atoms with E-state index in [0.29, 0.717) is 19.8 Å². The van der Waals surface area contributed by atoms with Gasteiger partial charge >= 0.3 is 0 Å². The summed E-state index contributed by atoms with van der Waals surface area (Å²) in [4.78, 5) is 0. The molecular formula is C12H26O6. The predicted molar refractivity (Wildman–Crippen MR) is 65.9 cm³/mol. The van der Waals surface area contributed by atoms with Gasteiger partial charge in [0.2, 0.25) is 0 Å². The number of ether oxygens (including phenoxy) is 3. The van der Waals surface area contributed by atoms with Crippen LogP contribution in [-0.2, 0) is 14.2 Å². The Balaban J connectivity index is 5.40. The van der Waals surface area contributed by atoms with E-state index in [2.05, 4.69) is 0 Å². The lowest BCUT2D eigenvalue weighted by Crippen LogP contribution is -2.59. The van der Waals surface area contributed by atoms with Crippen LogP contribution in [0.3, 0.4) is 0 Å². The number of hydrogen-bond donors (Lipinski definition) is 3. The Kier molecular flexibility index (Phi) is 8.67. The molecule has 0 rings (SSSR count). The minimum Gasteiger partial charge on any atom is -0.396 e. The number of rotatable bonds is 11. The smallest absolute Gasteiger partial charge is 0.293 e. The van der Waals surface area contributed by atoms with Crippen molar-refractivity contribution in [1.82, 2.24) is 0 Å². The second-order valence-corrected chi connectivity index (χ2v) is 3.93. The van der Waals surface area contributed by atoms with Gasteiger partial charge in [-0.15, -0.1) is 0 Å². The molecule has 0 amide bonds. The lowest BCUT2D eigenvalue weighted by atomic mass is 9.83. The number of hydrogen-bond acceptors (Lipinski definition) is 6. The summed E-state index contributed by atoms with van der Waals surface area (Å²) in [5.41, 5.74) is -1.20. The van der Waals surface area contributed by atoms with Gasteiger partial charge < -0.3 is 29.5 Å². The Bertz CT molecular complexity index is 188. The summed E-state index contributed by atoms with van der Waals surface area (Å²) in [6.45, 7) is 5.17. The van der Waals surface area contributed by atoms with Crippen molar-refractivity contribution >= 4 is 0 Å². The molecule has 0 aromatic rings. The topological polar surface area (TPSA) is 88.4 Å². The van der Waals surface area contributed by atoms with E-state index in [4.69, 9.17) is 19.3 Å². The first-order chi connectivity index (χ1) is 8.61. The van der Waals surface area contributed by atoms with Crippen molar-refractivity contribution in [2.24, 2.45) is 5.41 Å². The zero-order valence-corrected chi connectivity index (χ0v) is 11.5. The molecule has 0 atom stereocenters. The number of aliphatic hydroxyl groups excluding tert-OH is 3. The fourth-order valence-electron chi connectivity index (χ4n) is 1.92. The molecule has 6 nitrogen and oxygen atoms in total. The maximum Gasteiger partial charge on any atom is 0.293 e. The molecule has 0 aromatic heterocycles. The zero-order valence-electron chi connectivity index (χ0n) is 11.5. The Morgan fingerprint density at radius 3 is 1.39 bits per heavy atom. The summed E-state index contributed by atoms with van der Waals surface area (Å²) in [6.07, 6.45) is 0.111. The zero-order chi connectivity index (χ0) is 14.1. The van der Waals surface area contributed by atoms with Crippen LogP contribution in [-0.4, -0.2) is 60.9 Å². The fourth-order valence-corrected chi connectivity index (χ4v) is 1.92. The summed E-state index contributed by atoms with van der Waals surface area (Å²) < 4.78 is 16.6. The average Bonchev–Trinajstić information content (AvgIpc) is 2.37. The molecule has 3 N–H and O–H groups in total. The van der Waals surface area contributed by atoms with E-state index in [9.17, 15) is 10.2 Å². The molecule has 0 heterocycles. The summed E-state index contributed by atoms with van der Waals surface area (Å²) in [6, 6.07) is 0. The van der Waals surface area contributed by atoms with Gasteiger partial charge in [0.1, 0.15) is 5.41 Å². The molecule has 0 aliphatic carbocycles. The predicted octanol–water partition coefficient (Wildman–Crippen LogP) is 0.103. The van der Waals surface area contributed by atoms with E-state index in [1.807, 2.05) is 0 Å². The second-order valence-electron chi connectivity index (χ2n) is 3.93. The van der Waals surface area contributed by atoms with Crippen LogP contribution in [0.4, 0.5) is 0 Å². The highest BCUT2D eigenvalue weighted by Crippen LogP contribution is 2.39. The minimum atomic E-state index is -1.54. The van der Waals surface area contributed by atoms with Gasteiger partial charge in [-0.25, -0.2) is 0 Å². The largest absolute Gasteiger partial charge is 0.396 e. The molecule has 0 saturated carbocycles. The van der Waals surface area contributed by atoms with Gasteiger partial charge in [-0.3, -0.25) is 0 Å². The van der Waals surface area contributed by atoms with E-state index in [0.717, 1.165) is 0 Å². The first-order valence-corrected chi connectivity index (χ1v) is 6.36. The van der Waals surface area contributed by atoms with E-state index in [-0.39, 0.29) is 13.0 Å². The highest BCUT2D eigenvalue weighted by Gasteiger charge is 2.54. The normalized spacial score (nSPS) is 13.0. The van der Waals surface area contributed by atoms with Crippen molar-refractivity contribution in [3.8, 4) is 0 Å². The van der Waals surface area contributed by atoms with Crippen molar-refractivity contribution < 1.29 is 29.5 Å². The minimum absolute atomic E-state index is 0.111. The Morgan fingerprint density at radius 2 is 1.17 bits per heavy atom. The van der Waals surface area contributed by atoms with Crippen LogP contribution in [0, 0.1) is 5.41 Å². The average molecular weight is 266 g/mol. The second kappa shape index (κ2) is 8.79. The van der Waals surface area contributed by atoms with Gasteiger partial charge in [-0.05, 0) is 27.2 Å². The summed E-state index contributed by atoms with van der Waals surface area (Å²) in [5.74, 6) is -1.54. The van der Waals surface area contributed by atoms with E-state index < -0.39 is 24.6 Å². The van der Waals surface area contributed by atoms with Gasteiger partial charge in [-0.1, -0.05) is 0 Å². The van der Waals surface area contributed by atoms with Crippen LogP contribution < -0.4 is 0 Å². The summed E-state index contributed by atoms with van der Waals surface area (Å²) in [7, 11) is 0. The lowest BCUT2D eigenvalue weighted by Gasteiger charge is -2.46. The first kappa shape index (κ1) is 17.8. The van der Waals surface area contributed by atoms with Gasteiger partial charge in [0, 0.05) is 26.4 Å². The van der Waals surface area contributed by atoms with Gasteiger partial charge in [0.25, 0.3) is 5.97 Å². The third-order valence-electron chi connectivity index (χ3n) is 2.85. The third-order valence-corrected chi connectivity index (χ3v) is 2.85. The molecule has 110 valence electrons. The highest BCUT2D eigenvalue weighted by atomic mass is 16.9. The van der Waals surface area contributed by atoms with Crippen molar-refractivity contribution in [3.63, 3.8) is 0 Å². The van der Waals surface area contributed by atoms with Crippen molar-refractivity contribution in [2.45, 2.75) is 33.2 Å². The molecule has 0 saturated heterocycles. The Labute approximate surface area is 108 Å². The van der Waals surface area contributed by atoms with E-state index in [1.165, 1.54) is 0 Å². The standard InChI is InChI=1S/C12H26O6/c1-4-16-12(17-5-2,18-6-3)11(9-14,10-15)7-8-13/h13-15H,4-10H2,1-3H3. The Hall–Kier alpha value is -0.240. The number of aliphatic hydroxyl groups is 3. The molecule has 18 heavy (non-hydrogen) atoms. The van der Waals surface area contributed by atoms with Crippen molar-refractivity contribution in [2.75, 3.05) is 39.6 Å². The molecule has 0 aliphatic rings. The van der Waals surface area contributed by atoms with Crippen LogP contribution in [0.2, 0.25) is 0 Å². The maximum atomic E-state index is 9.61. The molecule has 0 bridgehead atoms. The SMILES string of the molecule is CCOC(OCC)(OCC)C(CO)(CO)CCO. The highest BCUT2D eigenvalue weighted by molar-refractivity contribution is 4.88. The monoisotopic (exact) mass is 266 g/mol. The van der Waals surface area contributed by atoms with Crippen LogP contribution in [0.15, 0.2) is 0 Å². The van der Waals surface area contributed by atoms with Crippen molar-refractivity contribution in [3.05, 3.63) is 0 Å². The van der Waals surface area contributed by atoms with Gasteiger partial charge in [0.15, 0.2) is 0 Å². The van der Waals surface area contributed by atoms with Crippen molar-refractivity contribution in [1.29, 1.82) is 0 Å². The van der Waals surface area contributed by atoms with Gasteiger partial charge in [-0.2, -0.15) is 0 Å². The molecule has 0 spiro atoms. The van der Waals surface area contributed by atoms with Crippen LogP contribution in [0.5, 0.6) is 0 Å². The van der Waals surface area contributed by atoms with E-state index in [1.54, 1.807) is 20.8 Å². The molecule has 0 unspecified atom stereocenters. The molecule has 0 fully saturated rings. The van der Waals surface area contributed by atoms with E-state index >= 15 is 0 Å². The first-order valence-electron chi connectivity index (χ1n) is 6.36. The quantitative estimate of drug-likeness (QED) is 0.460. The fraction of sp³-hybridized carbons (Fsp3) is 1.00. The summed E-state index contributed by atoms with van der Waals surface area (Å²) >= 11 is 0.